The number of benzene rings is 1. The SMILES string of the molecule is CC1=C(O)CCn2c1nc1c(-n3ccnc3)cccc12. The monoisotopic (exact) mass is 266 g/mol. The zero-order valence-electron chi connectivity index (χ0n) is 11.1. The van der Waals surface area contributed by atoms with Crippen molar-refractivity contribution in [1.29, 1.82) is 0 Å². The molecular weight excluding hydrogens is 252 g/mol. The highest BCUT2D eigenvalue weighted by Crippen LogP contribution is 2.31. The van der Waals surface area contributed by atoms with E-state index in [-0.39, 0.29) is 0 Å². The fourth-order valence-corrected chi connectivity index (χ4v) is 2.79. The molecule has 5 nitrogen and oxygen atoms in total. The molecule has 1 aliphatic heterocycles. The van der Waals surface area contributed by atoms with Crippen molar-refractivity contribution in [3.8, 4) is 5.69 Å². The van der Waals surface area contributed by atoms with Crippen LogP contribution in [0, 0.1) is 0 Å². The number of hydrogen-bond acceptors (Lipinski definition) is 3. The lowest BCUT2D eigenvalue weighted by Gasteiger charge is -2.16. The third-order valence-corrected chi connectivity index (χ3v) is 3.88. The van der Waals surface area contributed by atoms with E-state index < -0.39 is 0 Å². The van der Waals surface area contributed by atoms with Crippen LogP contribution in [-0.4, -0.2) is 24.2 Å². The molecule has 1 aromatic carbocycles. The molecule has 20 heavy (non-hydrogen) atoms. The van der Waals surface area contributed by atoms with Gasteiger partial charge >= 0.3 is 0 Å². The van der Waals surface area contributed by atoms with E-state index in [1.54, 1.807) is 12.5 Å². The number of fused-ring (bicyclic) bond motifs is 3. The molecule has 3 heterocycles. The largest absolute Gasteiger partial charge is 0.512 e. The molecule has 0 saturated carbocycles. The van der Waals surface area contributed by atoms with Gasteiger partial charge in [-0.3, -0.25) is 0 Å². The van der Waals surface area contributed by atoms with Gasteiger partial charge in [-0.2, -0.15) is 0 Å². The molecular formula is C15H14N4O. The highest BCUT2D eigenvalue weighted by molar-refractivity contribution is 5.87. The second-order valence-corrected chi connectivity index (χ2v) is 5.02. The number of rotatable bonds is 1. The fourth-order valence-electron chi connectivity index (χ4n) is 2.79. The van der Waals surface area contributed by atoms with Gasteiger partial charge in [0, 0.05) is 30.9 Å². The zero-order chi connectivity index (χ0) is 13.7. The maximum Gasteiger partial charge on any atom is 0.140 e. The number of aliphatic hydroxyl groups is 1. The number of allylic oxidation sites excluding steroid dienone is 2. The van der Waals surface area contributed by atoms with Gasteiger partial charge in [-0.25, -0.2) is 9.97 Å². The fraction of sp³-hybridized carbons (Fsp3) is 0.200. The first-order valence-electron chi connectivity index (χ1n) is 6.62. The molecule has 1 aliphatic rings. The van der Waals surface area contributed by atoms with Crippen molar-refractivity contribution in [3.63, 3.8) is 0 Å². The lowest BCUT2D eigenvalue weighted by Crippen LogP contribution is -2.10. The Morgan fingerprint density at radius 2 is 2.20 bits per heavy atom. The molecule has 0 unspecified atom stereocenters. The summed E-state index contributed by atoms with van der Waals surface area (Å²) in [5.41, 5.74) is 3.91. The Labute approximate surface area is 115 Å². The molecule has 0 radical (unpaired) electrons. The molecule has 0 atom stereocenters. The van der Waals surface area contributed by atoms with Crippen molar-refractivity contribution in [2.75, 3.05) is 0 Å². The maximum absolute atomic E-state index is 9.91. The maximum atomic E-state index is 9.91. The van der Waals surface area contributed by atoms with Gasteiger partial charge in [0.15, 0.2) is 0 Å². The van der Waals surface area contributed by atoms with E-state index in [1.165, 1.54) is 0 Å². The zero-order valence-corrected chi connectivity index (χ0v) is 11.1. The Bertz CT molecular complexity index is 827. The van der Waals surface area contributed by atoms with Crippen molar-refractivity contribution in [3.05, 3.63) is 48.5 Å². The van der Waals surface area contributed by atoms with Crippen LogP contribution in [0.3, 0.4) is 0 Å². The molecule has 0 spiro atoms. The Balaban J connectivity index is 2.05. The predicted octanol–water partition coefficient (Wildman–Crippen LogP) is 2.91. The van der Waals surface area contributed by atoms with Crippen molar-refractivity contribution in [2.24, 2.45) is 0 Å². The molecule has 5 heteroatoms. The van der Waals surface area contributed by atoms with E-state index in [0.717, 1.165) is 34.7 Å². The number of imidazole rings is 2. The first kappa shape index (κ1) is 11.3. The van der Waals surface area contributed by atoms with Crippen LogP contribution in [0.15, 0.2) is 42.7 Å². The molecule has 0 fully saturated rings. The average Bonchev–Trinajstić information content (AvgIpc) is 3.10. The summed E-state index contributed by atoms with van der Waals surface area (Å²) in [7, 11) is 0. The molecule has 0 bridgehead atoms. The van der Waals surface area contributed by atoms with E-state index in [9.17, 15) is 5.11 Å². The van der Waals surface area contributed by atoms with Crippen LogP contribution in [0.1, 0.15) is 19.2 Å². The van der Waals surface area contributed by atoms with Crippen LogP contribution in [0.5, 0.6) is 0 Å². The minimum atomic E-state index is 0.442. The van der Waals surface area contributed by atoms with Crippen LogP contribution in [0.25, 0.3) is 22.3 Å². The molecule has 0 aliphatic carbocycles. The summed E-state index contributed by atoms with van der Waals surface area (Å²) >= 11 is 0. The van der Waals surface area contributed by atoms with Gasteiger partial charge in [-0.1, -0.05) is 6.07 Å². The lowest BCUT2D eigenvalue weighted by atomic mass is 10.1. The van der Waals surface area contributed by atoms with Crippen molar-refractivity contribution < 1.29 is 5.11 Å². The summed E-state index contributed by atoms with van der Waals surface area (Å²) in [6.07, 6.45) is 6.10. The predicted molar refractivity (Wildman–Crippen MR) is 76.7 cm³/mol. The number of aryl methyl sites for hydroxylation is 1. The first-order valence-corrected chi connectivity index (χ1v) is 6.62. The van der Waals surface area contributed by atoms with Gasteiger partial charge in [0.25, 0.3) is 0 Å². The van der Waals surface area contributed by atoms with Crippen LogP contribution < -0.4 is 0 Å². The second-order valence-electron chi connectivity index (χ2n) is 5.02. The molecule has 1 N–H and O–H groups in total. The Morgan fingerprint density at radius 1 is 1.30 bits per heavy atom. The highest BCUT2D eigenvalue weighted by Gasteiger charge is 2.21. The molecule has 100 valence electrons. The van der Waals surface area contributed by atoms with Gasteiger partial charge < -0.3 is 14.2 Å². The van der Waals surface area contributed by atoms with Crippen molar-refractivity contribution in [1.82, 2.24) is 19.1 Å². The second kappa shape index (κ2) is 3.96. The smallest absolute Gasteiger partial charge is 0.140 e. The minimum absolute atomic E-state index is 0.442. The normalized spacial score (nSPS) is 14.8. The van der Waals surface area contributed by atoms with Gasteiger partial charge in [-0.05, 0) is 19.1 Å². The van der Waals surface area contributed by atoms with Crippen LogP contribution in [0.4, 0.5) is 0 Å². The third-order valence-electron chi connectivity index (χ3n) is 3.88. The molecule has 4 rings (SSSR count). The Kier molecular flexibility index (Phi) is 2.24. The van der Waals surface area contributed by atoms with Gasteiger partial charge in [0.1, 0.15) is 17.1 Å². The average molecular weight is 266 g/mol. The number of aliphatic hydroxyl groups excluding tert-OH is 1. The highest BCUT2D eigenvalue weighted by atomic mass is 16.3. The summed E-state index contributed by atoms with van der Waals surface area (Å²) < 4.78 is 4.13. The summed E-state index contributed by atoms with van der Waals surface area (Å²) in [5, 5.41) is 9.91. The van der Waals surface area contributed by atoms with Crippen molar-refractivity contribution >= 4 is 16.6 Å². The van der Waals surface area contributed by atoms with Crippen LogP contribution in [-0.2, 0) is 6.54 Å². The van der Waals surface area contributed by atoms with Gasteiger partial charge in [0.2, 0.25) is 0 Å². The van der Waals surface area contributed by atoms with E-state index in [1.807, 2.05) is 29.8 Å². The molecule has 3 aromatic rings. The number of para-hydroxylation sites is 1. The van der Waals surface area contributed by atoms with Crippen LogP contribution in [0.2, 0.25) is 0 Å². The van der Waals surface area contributed by atoms with Crippen molar-refractivity contribution in [2.45, 2.75) is 19.9 Å². The Morgan fingerprint density at radius 3 is 3.00 bits per heavy atom. The quantitative estimate of drug-likeness (QED) is 0.736. The molecule has 0 saturated heterocycles. The van der Waals surface area contributed by atoms with E-state index in [4.69, 9.17) is 4.98 Å². The molecule has 2 aromatic heterocycles. The number of hydrogen-bond donors (Lipinski definition) is 1. The number of nitrogens with zero attached hydrogens (tertiary/aromatic N) is 4. The summed E-state index contributed by atoms with van der Waals surface area (Å²) in [4.78, 5) is 8.83. The minimum Gasteiger partial charge on any atom is -0.512 e. The van der Waals surface area contributed by atoms with E-state index in [2.05, 4.69) is 15.6 Å². The van der Waals surface area contributed by atoms with Crippen LogP contribution >= 0.6 is 0 Å². The standard InChI is InChI=1S/C15H14N4O/c1-10-13(20)5-7-19-12-4-2-3-11(14(12)17-15(10)19)18-8-6-16-9-18/h2-4,6,8-9,20H,5,7H2,1H3. The summed E-state index contributed by atoms with van der Waals surface area (Å²) in [5.74, 6) is 1.30. The summed E-state index contributed by atoms with van der Waals surface area (Å²) in [6.45, 7) is 2.69. The van der Waals surface area contributed by atoms with E-state index >= 15 is 0 Å². The van der Waals surface area contributed by atoms with Gasteiger partial charge in [0.05, 0.1) is 17.5 Å². The topological polar surface area (TPSA) is 55.9 Å². The number of aromatic nitrogens is 4. The first-order chi connectivity index (χ1) is 9.75. The lowest BCUT2D eigenvalue weighted by molar-refractivity contribution is 0.373. The van der Waals surface area contributed by atoms with Gasteiger partial charge in [-0.15, -0.1) is 0 Å². The van der Waals surface area contributed by atoms with E-state index in [0.29, 0.717) is 12.2 Å². The Hall–Kier alpha value is -2.56. The molecule has 0 amide bonds. The third kappa shape index (κ3) is 1.43. The summed E-state index contributed by atoms with van der Waals surface area (Å²) in [6, 6.07) is 6.13.